The van der Waals surface area contributed by atoms with E-state index >= 15 is 0 Å². The Morgan fingerprint density at radius 1 is 0.500 bits per heavy atom. The van der Waals surface area contributed by atoms with Gasteiger partial charge in [0, 0.05) is 0 Å². The highest BCUT2D eigenvalue weighted by Crippen LogP contribution is 2.42. The van der Waals surface area contributed by atoms with Crippen LogP contribution in [0.25, 0.3) is 48.7 Å². The minimum Gasteiger partial charge on any atom is -0.286 e. The number of hydrogen-bond acceptors (Lipinski definition) is 2. The molecule has 0 radical (unpaired) electrons. The van der Waals surface area contributed by atoms with Gasteiger partial charge in [-0.05, 0) is 84.1 Å². The van der Waals surface area contributed by atoms with Crippen LogP contribution in [0.1, 0.15) is 11.1 Å². The molecule has 6 aromatic carbocycles. The van der Waals surface area contributed by atoms with E-state index in [2.05, 4.69) is 116 Å². The largest absolute Gasteiger partial charge is 0.286 e. The van der Waals surface area contributed by atoms with Crippen LogP contribution >= 0.6 is 0 Å². The lowest BCUT2D eigenvalue weighted by Crippen LogP contribution is -2.06. The first-order valence-electron chi connectivity index (χ1n) is 13.2. The van der Waals surface area contributed by atoms with Crippen LogP contribution in [0.2, 0.25) is 0 Å². The van der Waals surface area contributed by atoms with E-state index < -0.39 is 11.6 Å². The van der Waals surface area contributed by atoms with Crippen LogP contribution in [0.3, 0.4) is 0 Å². The van der Waals surface area contributed by atoms with Gasteiger partial charge >= 0.3 is 0 Å². The molecule has 0 heterocycles. The standard InChI is InChI=1S/C38H26O2/c1-2-3-22-35(39)36(40)23-12-21-34(37-30-17-8-4-13-26(30)24-27-14-5-9-18-31(27)37)38-32-19-10-6-15-28(32)25-29-16-7-11-20-33(29)38/h2-25H,1H2. The maximum Gasteiger partial charge on any atom is 0.225 e. The van der Waals surface area contributed by atoms with Crippen molar-refractivity contribution in [1.29, 1.82) is 0 Å². The van der Waals surface area contributed by atoms with Crippen molar-refractivity contribution in [3.63, 3.8) is 0 Å². The van der Waals surface area contributed by atoms with E-state index in [0.29, 0.717) is 0 Å². The summed E-state index contributed by atoms with van der Waals surface area (Å²) in [6.07, 6.45) is 9.20. The molecule has 6 aromatic rings. The maximum atomic E-state index is 12.6. The van der Waals surface area contributed by atoms with E-state index in [-0.39, 0.29) is 0 Å². The third-order valence-electron chi connectivity index (χ3n) is 7.22. The van der Waals surface area contributed by atoms with Crippen LogP contribution in [0.4, 0.5) is 0 Å². The van der Waals surface area contributed by atoms with Crippen molar-refractivity contribution in [3.05, 3.63) is 163 Å². The van der Waals surface area contributed by atoms with Gasteiger partial charge in [-0.1, -0.05) is 128 Å². The molecular formula is C38H26O2. The number of ketones is 2. The molecule has 0 saturated heterocycles. The lowest BCUT2D eigenvalue weighted by Gasteiger charge is -2.19. The monoisotopic (exact) mass is 514 g/mol. The van der Waals surface area contributed by atoms with Crippen molar-refractivity contribution in [3.8, 4) is 0 Å². The maximum absolute atomic E-state index is 12.6. The third-order valence-corrected chi connectivity index (χ3v) is 7.22. The summed E-state index contributed by atoms with van der Waals surface area (Å²) < 4.78 is 0. The zero-order valence-corrected chi connectivity index (χ0v) is 21.9. The molecule has 0 atom stereocenters. The van der Waals surface area contributed by atoms with E-state index in [9.17, 15) is 9.59 Å². The zero-order chi connectivity index (χ0) is 27.5. The minimum absolute atomic E-state index is 0.584. The Kier molecular flexibility index (Phi) is 6.74. The minimum atomic E-state index is -0.586. The van der Waals surface area contributed by atoms with Gasteiger partial charge < -0.3 is 0 Å². The van der Waals surface area contributed by atoms with Gasteiger partial charge in [-0.15, -0.1) is 0 Å². The fourth-order valence-corrected chi connectivity index (χ4v) is 5.45. The summed E-state index contributed by atoms with van der Waals surface area (Å²) in [5.41, 5.74) is 3.16. The second-order valence-electron chi connectivity index (χ2n) is 9.65. The Bertz CT molecular complexity index is 1820. The van der Waals surface area contributed by atoms with E-state index in [1.54, 1.807) is 6.08 Å². The molecule has 0 amide bonds. The fourth-order valence-electron chi connectivity index (χ4n) is 5.45. The predicted octanol–water partition coefficient (Wildman–Crippen LogP) is 9.17. The second kappa shape index (κ2) is 10.8. The van der Waals surface area contributed by atoms with Crippen molar-refractivity contribution in [2.75, 3.05) is 0 Å². The summed E-state index contributed by atoms with van der Waals surface area (Å²) in [4.78, 5) is 24.9. The summed E-state index contributed by atoms with van der Waals surface area (Å²) in [6, 6.07) is 38.0. The molecule has 0 bridgehead atoms. The Labute approximate surface area is 232 Å². The molecule has 0 fully saturated rings. The predicted molar refractivity (Wildman–Crippen MR) is 168 cm³/mol. The first-order chi connectivity index (χ1) is 19.7. The van der Waals surface area contributed by atoms with E-state index in [1.165, 1.54) is 24.3 Å². The van der Waals surface area contributed by atoms with Gasteiger partial charge in [0.2, 0.25) is 11.6 Å². The first-order valence-corrected chi connectivity index (χ1v) is 13.2. The number of carbonyl (C=O) groups is 2. The van der Waals surface area contributed by atoms with Gasteiger partial charge in [0.1, 0.15) is 0 Å². The van der Waals surface area contributed by atoms with Crippen molar-refractivity contribution in [2.24, 2.45) is 0 Å². The Hall–Kier alpha value is -5.34. The molecule has 0 aliphatic heterocycles. The van der Waals surface area contributed by atoms with Crippen LogP contribution in [0, 0.1) is 0 Å². The fraction of sp³-hybridized carbons (Fsp3) is 0. The quantitative estimate of drug-likeness (QED) is 0.0921. The van der Waals surface area contributed by atoms with Crippen molar-refractivity contribution >= 4 is 60.2 Å². The Balaban J connectivity index is 1.72. The number of hydrogen-bond donors (Lipinski definition) is 0. The first kappa shape index (κ1) is 25.0. The molecule has 0 aliphatic carbocycles. The van der Waals surface area contributed by atoms with Gasteiger partial charge in [-0.25, -0.2) is 0 Å². The number of benzene rings is 6. The van der Waals surface area contributed by atoms with Gasteiger partial charge in [0.15, 0.2) is 0 Å². The Morgan fingerprint density at radius 2 is 0.850 bits per heavy atom. The van der Waals surface area contributed by atoms with Crippen molar-refractivity contribution in [2.45, 2.75) is 0 Å². The molecule has 40 heavy (non-hydrogen) atoms. The second-order valence-corrected chi connectivity index (χ2v) is 9.65. The summed E-state index contributed by atoms with van der Waals surface area (Å²) >= 11 is 0. The topological polar surface area (TPSA) is 34.1 Å². The summed E-state index contributed by atoms with van der Waals surface area (Å²) in [6.45, 7) is 3.57. The smallest absolute Gasteiger partial charge is 0.225 e. The highest BCUT2D eigenvalue weighted by atomic mass is 16.2. The summed E-state index contributed by atoms with van der Waals surface area (Å²) in [5.74, 6) is -1.17. The van der Waals surface area contributed by atoms with Crippen molar-refractivity contribution < 1.29 is 9.59 Å². The van der Waals surface area contributed by atoms with Gasteiger partial charge in [0.05, 0.1) is 0 Å². The van der Waals surface area contributed by atoms with E-state index in [1.807, 2.05) is 6.08 Å². The van der Waals surface area contributed by atoms with Crippen molar-refractivity contribution in [1.82, 2.24) is 0 Å². The normalized spacial score (nSPS) is 11.6. The van der Waals surface area contributed by atoms with Crippen LogP contribution in [0.5, 0.6) is 0 Å². The molecule has 0 aromatic heterocycles. The zero-order valence-electron chi connectivity index (χ0n) is 21.9. The average Bonchev–Trinajstić information content (AvgIpc) is 3.00. The molecule has 2 heteroatoms. The number of fused-ring (bicyclic) bond motifs is 4. The van der Waals surface area contributed by atoms with E-state index in [0.717, 1.165) is 59.8 Å². The van der Waals surface area contributed by atoms with Gasteiger partial charge in [-0.2, -0.15) is 0 Å². The number of carbonyl (C=O) groups excluding carboxylic acids is 2. The van der Waals surface area contributed by atoms with Crippen LogP contribution in [-0.4, -0.2) is 11.6 Å². The highest BCUT2D eigenvalue weighted by Gasteiger charge is 2.18. The molecular weight excluding hydrogens is 488 g/mol. The molecule has 2 nitrogen and oxygen atoms in total. The van der Waals surface area contributed by atoms with Gasteiger partial charge in [-0.3, -0.25) is 9.59 Å². The molecule has 0 aliphatic rings. The van der Waals surface area contributed by atoms with Crippen LogP contribution in [0.15, 0.2) is 152 Å². The lowest BCUT2D eigenvalue weighted by atomic mass is 9.84. The van der Waals surface area contributed by atoms with Crippen LogP contribution < -0.4 is 0 Å². The number of rotatable bonds is 7. The molecule has 190 valence electrons. The Morgan fingerprint density at radius 3 is 1.23 bits per heavy atom. The highest BCUT2D eigenvalue weighted by molar-refractivity contribution is 6.45. The molecule has 6 rings (SSSR count). The summed E-state index contributed by atoms with van der Waals surface area (Å²) in [5, 5.41) is 9.02. The molecule has 0 unspecified atom stereocenters. The third kappa shape index (κ3) is 4.57. The van der Waals surface area contributed by atoms with Crippen LogP contribution in [-0.2, 0) is 9.59 Å². The molecule has 0 saturated carbocycles. The summed E-state index contributed by atoms with van der Waals surface area (Å²) in [7, 11) is 0. The number of allylic oxidation sites excluding steroid dienone is 6. The molecule has 0 N–H and O–H groups in total. The average molecular weight is 515 g/mol. The van der Waals surface area contributed by atoms with Gasteiger partial charge in [0.25, 0.3) is 0 Å². The van der Waals surface area contributed by atoms with E-state index in [4.69, 9.17) is 0 Å². The molecule has 0 spiro atoms. The lowest BCUT2D eigenvalue weighted by molar-refractivity contribution is -0.130. The SMILES string of the molecule is C=CC=CC(=O)C(=O)C=CC=C(c1c2ccccc2cc2ccccc12)c1c2ccccc2cc2ccccc12.